The monoisotopic (exact) mass is 214 g/mol. The van der Waals surface area contributed by atoms with Gasteiger partial charge in [-0.2, -0.15) is 0 Å². The highest BCUT2D eigenvalue weighted by atomic mass is 16.2. The second kappa shape index (κ2) is 6.83. The highest BCUT2D eigenvalue weighted by molar-refractivity contribution is 5.81. The van der Waals surface area contributed by atoms with E-state index in [0.717, 1.165) is 6.42 Å². The van der Waals surface area contributed by atoms with Gasteiger partial charge in [0, 0.05) is 12.1 Å². The Hall–Kier alpha value is -0.570. The summed E-state index contributed by atoms with van der Waals surface area (Å²) >= 11 is 0. The smallest absolute Gasteiger partial charge is 0.237 e. The molecule has 0 saturated heterocycles. The van der Waals surface area contributed by atoms with Crippen molar-refractivity contribution in [1.82, 2.24) is 10.6 Å². The average molecular weight is 214 g/mol. The summed E-state index contributed by atoms with van der Waals surface area (Å²) in [6.45, 7) is 12.4. The van der Waals surface area contributed by atoms with Crippen LogP contribution < -0.4 is 10.6 Å². The van der Waals surface area contributed by atoms with Crippen LogP contribution in [0.1, 0.15) is 48.0 Å². The molecule has 0 spiro atoms. The lowest BCUT2D eigenvalue weighted by Crippen LogP contribution is -2.47. The Morgan fingerprint density at radius 2 is 1.60 bits per heavy atom. The molecule has 0 aliphatic rings. The van der Waals surface area contributed by atoms with E-state index >= 15 is 0 Å². The van der Waals surface area contributed by atoms with Crippen LogP contribution in [0.3, 0.4) is 0 Å². The molecule has 0 aliphatic carbocycles. The molecule has 0 bridgehead atoms. The standard InChI is InChI=1S/C12H26N2O/c1-8(2)7-10(5)14-11(6)12(15)13-9(3)4/h8-11,14H,7H2,1-6H3,(H,13,15). The summed E-state index contributed by atoms with van der Waals surface area (Å²) in [5.74, 6) is 0.744. The summed E-state index contributed by atoms with van der Waals surface area (Å²) in [7, 11) is 0. The zero-order chi connectivity index (χ0) is 12.0. The lowest BCUT2D eigenvalue weighted by molar-refractivity contribution is -0.123. The lowest BCUT2D eigenvalue weighted by atomic mass is 10.0. The molecule has 90 valence electrons. The lowest BCUT2D eigenvalue weighted by Gasteiger charge is -2.21. The minimum Gasteiger partial charge on any atom is -0.353 e. The SMILES string of the molecule is CC(C)CC(C)NC(C)C(=O)NC(C)C. The third kappa shape index (κ3) is 7.37. The van der Waals surface area contributed by atoms with E-state index in [9.17, 15) is 4.79 Å². The fraction of sp³-hybridized carbons (Fsp3) is 0.917. The van der Waals surface area contributed by atoms with Crippen molar-refractivity contribution in [2.75, 3.05) is 0 Å². The van der Waals surface area contributed by atoms with Crippen molar-refractivity contribution in [2.45, 2.75) is 66.1 Å². The van der Waals surface area contributed by atoms with E-state index in [1.165, 1.54) is 0 Å². The van der Waals surface area contributed by atoms with Crippen LogP contribution in [-0.2, 0) is 4.79 Å². The molecule has 2 unspecified atom stereocenters. The fourth-order valence-electron chi connectivity index (χ4n) is 1.69. The van der Waals surface area contributed by atoms with E-state index in [2.05, 4.69) is 31.4 Å². The maximum absolute atomic E-state index is 11.6. The number of nitrogens with one attached hydrogen (secondary N) is 2. The molecule has 0 radical (unpaired) electrons. The summed E-state index contributed by atoms with van der Waals surface area (Å²) in [5.41, 5.74) is 0. The Labute approximate surface area is 94.0 Å². The number of carbonyl (C=O) groups excluding carboxylic acids is 1. The maximum Gasteiger partial charge on any atom is 0.237 e. The van der Waals surface area contributed by atoms with Gasteiger partial charge < -0.3 is 10.6 Å². The molecule has 0 rings (SSSR count). The number of hydrogen-bond donors (Lipinski definition) is 2. The predicted octanol–water partition coefficient (Wildman–Crippen LogP) is 1.92. The van der Waals surface area contributed by atoms with Gasteiger partial charge in [-0.3, -0.25) is 4.79 Å². The first-order valence-electron chi connectivity index (χ1n) is 5.89. The first-order valence-corrected chi connectivity index (χ1v) is 5.89. The zero-order valence-electron chi connectivity index (χ0n) is 10.9. The van der Waals surface area contributed by atoms with Crippen LogP contribution in [0.4, 0.5) is 0 Å². The van der Waals surface area contributed by atoms with Crippen LogP contribution in [0, 0.1) is 5.92 Å². The highest BCUT2D eigenvalue weighted by Gasteiger charge is 2.16. The zero-order valence-corrected chi connectivity index (χ0v) is 10.9. The third-order valence-corrected chi connectivity index (χ3v) is 2.18. The Bertz CT molecular complexity index is 190. The van der Waals surface area contributed by atoms with E-state index in [0.29, 0.717) is 12.0 Å². The van der Waals surface area contributed by atoms with Crippen LogP contribution in [0.25, 0.3) is 0 Å². The molecular weight excluding hydrogens is 188 g/mol. The molecule has 0 saturated carbocycles. The van der Waals surface area contributed by atoms with Crippen molar-refractivity contribution >= 4 is 5.91 Å². The summed E-state index contributed by atoms with van der Waals surface area (Å²) < 4.78 is 0. The van der Waals surface area contributed by atoms with E-state index < -0.39 is 0 Å². The van der Waals surface area contributed by atoms with Crippen molar-refractivity contribution in [3.63, 3.8) is 0 Å². The van der Waals surface area contributed by atoms with Gasteiger partial charge in [0.25, 0.3) is 0 Å². The van der Waals surface area contributed by atoms with Gasteiger partial charge in [0.2, 0.25) is 5.91 Å². The molecule has 3 nitrogen and oxygen atoms in total. The number of carbonyl (C=O) groups is 1. The largest absolute Gasteiger partial charge is 0.353 e. The Morgan fingerprint density at radius 1 is 1.07 bits per heavy atom. The Morgan fingerprint density at radius 3 is 2.00 bits per heavy atom. The summed E-state index contributed by atoms with van der Waals surface area (Å²) in [4.78, 5) is 11.6. The Kier molecular flexibility index (Phi) is 6.57. The summed E-state index contributed by atoms with van der Waals surface area (Å²) in [6.07, 6.45) is 1.10. The van der Waals surface area contributed by atoms with Crippen LogP contribution >= 0.6 is 0 Å². The van der Waals surface area contributed by atoms with Crippen molar-refractivity contribution in [2.24, 2.45) is 5.92 Å². The molecule has 15 heavy (non-hydrogen) atoms. The van der Waals surface area contributed by atoms with E-state index in [4.69, 9.17) is 0 Å². The molecule has 0 aromatic rings. The summed E-state index contributed by atoms with van der Waals surface area (Å²) in [6, 6.07) is 0.487. The van der Waals surface area contributed by atoms with Gasteiger partial charge in [-0.1, -0.05) is 13.8 Å². The van der Waals surface area contributed by atoms with E-state index in [1.807, 2.05) is 20.8 Å². The predicted molar refractivity (Wildman–Crippen MR) is 64.8 cm³/mol. The molecule has 2 N–H and O–H groups in total. The van der Waals surface area contributed by atoms with Crippen LogP contribution in [0.5, 0.6) is 0 Å². The second-order valence-electron chi connectivity index (χ2n) is 5.08. The average Bonchev–Trinajstić information content (AvgIpc) is 2.00. The number of rotatable bonds is 6. The molecule has 0 aromatic heterocycles. The van der Waals surface area contributed by atoms with Gasteiger partial charge in [0.05, 0.1) is 6.04 Å². The second-order valence-corrected chi connectivity index (χ2v) is 5.08. The number of hydrogen-bond acceptors (Lipinski definition) is 2. The molecule has 0 aliphatic heterocycles. The van der Waals surface area contributed by atoms with Crippen LogP contribution in [0.15, 0.2) is 0 Å². The topological polar surface area (TPSA) is 41.1 Å². The summed E-state index contributed by atoms with van der Waals surface area (Å²) in [5, 5.41) is 6.20. The van der Waals surface area contributed by atoms with Crippen molar-refractivity contribution in [1.29, 1.82) is 0 Å². The molecule has 2 atom stereocenters. The maximum atomic E-state index is 11.6. The normalized spacial score (nSPS) is 15.5. The minimum absolute atomic E-state index is 0.0839. The molecule has 0 heterocycles. The van der Waals surface area contributed by atoms with E-state index in [-0.39, 0.29) is 18.0 Å². The van der Waals surface area contributed by atoms with E-state index in [1.54, 1.807) is 0 Å². The van der Waals surface area contributed by atoms with Gasteiger partial charge in [0.15, 0.2) is 0 Å². The van der Waals surface area contributed by atoms with Crippen molar-refractivity contribution < 1.29 is 4.79 Å². The minimum atomic E-state index is -0.110. The molecule has 3 heteroatoms. The highest BCUT2D eigenvalue weighted by Crippen LogP contribution is 2.04. The fourth-order valence-corrected chi connectivity index (χ4v) is 1.69. The molecule has 0 fully saturated rings. The first kappa shape index (κ1) is 14.4. The van der Waals surface area contributed by atoms with Crippen molar-refractivity contribution in [3.05, 3.63) is 0 Å². The van der Waals surface area contributed by atoms with Gasteiger partial charge >= 0.3 is 0 Å². The van der Waals surface area contributed by atoms with Gasteiger partial charge in [0.1, 0.15) is 0 Å². The first-order chi connectivity index (χ1) is 6.82. The molecule has 1 amide bonds. The molecule has 0 aromatic carbocycles. The van der Waals surface area contributed by atoms with Crippen LogP contribution in [0.2, 0.25) is 0 Å². The van der Waals surface area contributed by atoms with Gasteiger partial charge in [-0.25, -0.2) is 0 Å². The Balaban J connectivity index is 3.90. The number of amides is 1. The van der Waals surface area contributed by atoms with Crippen molar-refractivity contribution in [3.8, 4) is 0 Å². The van der Waals surface area contributed by atoms with Gasteiger partial charge in [-0.15, -0.1) is 0 Å². The quantitative estimate of drug-likeness (QED) is 0.709. The molecular formula is C12H26N2O. The third-order valence-electron chi connectivity index (χ3n) is 2.18. The van der Waals surface area contributed by atoms with Gasteiger partial charge in [-0.05, 0) is 40.0 Å². The van der Waals surface area contributed by atoms with Crippen LogP contribution in [-0.4, -0.2) is 24.0 Å².